The molecule has 4 nitrogen and oxygen atoms in total. The van der Waals surface area contributed by atoms with Crippen molar-refractivity contribution in [3.8, 4) is 0 Å². The lowest BCUT2D eigenvalue weighted by atomic mass is 10.2. The van der Waals surface area contributed by atoms with Gasteiger partial charge in [0.25, 0.3) is 5.91 Å². The first-order valence-electron chi connectivity index (χ1n) is 4.95. The quantitative estimate of drug-likeness (QED) is 0.708. The first kappa shape index (κ1) is 9.58. The van der Waals surface area contributed by atoms with Crippen LogP contribution in [0.3, 0.4) is 0 Å². The summed E-state index contributed by atoms with van der Waals surface area (Å²) >= 11 is 1.09. The number of carbonyl (C=O) groups is 1. The van der Waals surface area contributed by atoms with E-state index in [0.29, 0.717) is 5.69 Å². The topological polar surface area (TPSA) is 46.1 Å². The third kappa shape index (κ3) is 2.09. The number of likely N-dealkylation sites (tertiary alicyclic amines) is 1. The Kier molecular flexibility index (Phi) is 3.08. The van der Waals surface area contributed by atoms with Crippen molar-refractivity contribution in [2.75, 3.05) is 13.1 Å². The molecule has 0 spiro atoms. The second-order valence-electron chi connectivity index (χ2n) is 3.50. The van der Waals surface area contributed by atoms with Crippen molar-refractivity contribution in [3.63, 3.8) is 0 Å². The Morgan fingerprint density at radius 3 is 2.57 bits per heavy atom. The van der Waals surface area contributed by atoms with Gasteiger partial charge in [-0.3, -0.25) is 4.79 Å². The average Bonchev–Trinajstić information content (AvgIpc) is 2.59. The number of amides is 1. The van der Waals surface area contributed by atoms with Crippen molar-refractivity contribution < 1.29 is 4.79 Å². The molecule has 1 saturated heterocycles. The van der Waals surface area contributed by atoms with Crippen molar-refractivity contribution in [1.29, 1.82) is 0 Å². The summed E-state index contributed by atoms with van der Waals surface area (Å²) in [6.45, 7) is 1.74. The van der Waals surface area contributed by atoms with E-state index in [1.807, 2.05) is 4.90 Å². The lowest BCUT2D eigenvalue weighted by Gasteiger charge is -2.18. The third-order valence-corrected chi connectivity index (χ3v) is 2.95. The van der Waals surface area contributed by atoms with E-state index in [0.717, 1.165) is 37.7 Å². The fourth-order valence-electron chi connectivity index (χ4n) is 1.69. The number of aromatic nitrogens is 2. The normalized spacial score (nSPS) is 17.9. The molecule has 0 N–H and O–H groups in total. The van der Waals surface area contributed by atoms with Crippen molar-refractivity contribution in [2.45, 2.75) is 25.7 Å². The summed E-state index contributed by atoms with van der Waals surface area (Å²) in [5, 5.41) is 0. The summed E-state index contributed by atoms with van der Waals surface area (Å²) in [7, 11) is 0. The van der Waals surface area contributed by atoms with Gasteiger partial charge in [0.1, 0.15) is 0 Å². The van der Waals surface area contributed by atoms with Gasteiger partial charge in [0.15, 0.2) is 5.69 Å². The number of nitrogens with zero attached hydrogens (tertiary/aromatic N) is 3. The minimum Gasteiger partial charge on any atom is -0.337 e. The van der Waals surface area contributed by atoms with Crippen molar-refractivity contribution in [2.24, 2.45) is 0 Å². The van der Waals surface area contributed by atoms with Gasteiger partial charge >= 0.3 is 0 Å². The van der Waals surface area contributed by atoms with Crippen LogP contribution in [0.2, 0.25) is 0 Å². The van der Waals surface area contributed by atoms with Crippen LogP contribution in [-0.4, -0.2) is 32.6 Å². The number of hydrogen-bond acceptors (Lipinski definition) is 4. The van der Waals surface area contributed by atoms with Gasteiger partial charge in [-0.15, -0.1) is 0 Å². The van der Waals surface area contributed by atoms with Crippen LogP contribution in [0.25, 0.3) is 0 Å². The first-order chi connectivity index (χ1) is 6.88. The van der Waals surface area contributed by atoms with Crippen LogP contribution >= 0.6 is 11.7 Å². The Bertz CT molecular complexity index is 291. The minimum atomic E-state index is 0.0423. The summed E-state index contributed by atoms with van der Waals surface area (Å²) in [4.78, 5) is 13.7. The highest BCUT2D eigenvalue weighted by atomic mass is 32.1. The lowest BCUT2D eigenvalue weighted by molar-refractivity contribution is 0.0757. The monoisotopic (exact) mass is 211 g/mol. The maximum absolute atomic E-state index is 11.8. The molecule has 0 unspecified atom stereocenters. The molecular weight excluding hydrogens is 198 g/mol. The zero-order chi connectivity index (χ0) is 9.80. The molecule has 14 heavy (non-hydrogen) atoms. The second-order valence-corrected chi connectivity index (χ2v) is 4.06. The average molecular weight is 211 g/mol. The van der Waals surface area contributed by atoms with E-state index in [1.54, 1.807) is 6.20 Å². The summed E-state index contributed by atoms with van der Waals surface area (Å²) in [6, 6.07) is 0. The Morgan fingerprint density at radius 2 is 2.00 bits per heavy atom. The number of hydrogen-bond donors (Lipinski definition) is 0. The predicted octanol–water partition coefficient (Wildman–Crippen LogP) is 1.55. The van der Waals surface area contributed by atoms with Gasteiger partial charge in [0.05, 0.1) is 17.9 Å². The number of rotatable bonds is 1. The highest BCUT2D eigenvalue weighted by molar-refractivity contribution is 6.99. The zero-order valence-corrected chi connectivity index (χ0v) is 8.79. The van der Waals surface area contributed by atoms with E-state index in [2.05, 4.69) is 8.75 Å². The zero-order valence-electron chi connectivity index (χ0n) is 7.98. The Labute approximate surface area is 87.3 Å². The Morgan fingerprint density at radius 1 is 1.29 bits per heavy atom. The van der Waals surface area contributed by atoms with Crippen LogP contribution in [0.1, 0.15) is 36.2 Å². The highest BCUT2D eigenvalue weighted by Crippen LogP contribution is 2.12. The molecule has 0 saturated carbocycles. The van der Waals surface area contributed by atoms with Crippen molar-refractivity contribution in [1.82, 2.24) is 13.6 Å². The van der Waals surface area contributed by atoms with Crippen LogP contribution in [0.15, 0.2) is 6.20 Å². The summed E-state index contributed by atoms with van der Waals surface area (Å²) in [5.41, 5.74) is 0.497. The van der Waals surface area contributed by atoms with E-state index in [4.69, 9.17) is 0 Å². The molecule has 0 bridgehead atoms. The van der Waals surface area contributed by atoms with Crippen LogP contribution in [-0.2, 0) is 0 Å². The molecular formula is C9H13N3OS. The van der Waals surface area contributed by atoms with Crippen molar-refractivity contribution >= 4 is 17.6 Å². The largest absolute Gasteiger partial charge is 0.337 e. The molecule has 1 amide bonds. The fourth-order valence-corrected chi connectivity index (χ4v) is 2.10. The standard InChI is InChI=1S/C9H13N3OS/c13-9(8-7-10-14-11-8)12-5-3-1-2-4-6-12/h7H,1-6H2. The predicted molar refractivity (Wildman–Crippen MR) is 54.3 cm³/mol. The molecule has 1 aliphatic rings. The Balaban J connectivity index is 2.03. The van der Waals surface area contributed by atoms with Gasteiger partial charge in [0, 0.05) is 13.1 Å². The molecule has 2 heterocycles. The van der Waals surface area contributed by atoms with Gasteiger partial charge in [-0.2, -0.15) is 8.75 Å². The van der Waals surface area contributed by atoms with Gasteiger partial charge < -0.3 is 4.90 Å². The lowest BCUT2D eigenvalue weighted by Crippen LogP contribution is -2.31. The van der Waals surface area contributed by atoms with E-state index in [-0.39, 0.29) is 5.91 Å². The maximum atomic E-state index is 11.8. The van der Waals surface area contributed by atoms with Gasteiger partial charge in [-0.1, -0.05) is 12.8 Å². The van der Waals surface area contributed by atoms with Gasteiger partial charge in [-0.25, -0.2) is 0 Å². The Hall–Kier alpha value is -0.970. The summed E-state index contributed by atoms with van der Waals surface area (Å²) in [6.07, 6.45) is 6.25. The maximum Gasteiger partial charge on any atom is 0.275 e. The first-order valence-corrected chi connectivity index (χ1v) is 5.68. The molecule has 1 fully saturated rings. The molecule has 5 heteroatoms. The van der Waals surface area contributed by atoms with E-state index >= 15 is 0 Å². The highest BCUT2D eigenvalue weighted by Gasteiger charge is 2.18. The molecule has 1 aromatic heterocycles. The van der Waals surface area contributed by atoms with Crippen LogP contribution in [0.5, 0.6) is 0 Å². The van der Waals surface area contributed by atoms with Crippen LogP contribution in [0, 0.1) is 0 Å². The molecule has 0 aromatic carbocycles. The van der Waals surface area contributed by atoms with Crippen molar-refractivity contribution in [3.05, 3.63) is 11.9 Å². The van der Waals surface area contributed by atoms with Gasteiger partial charge in [-0.05, 0) is 12.8 Å². The fraction of sp³-hybridized carbons (Fsp3) is 0.667. The van der Waals surface area contributed by atoms with Crippen LogP contribution in [0.4, 0.5) is 0 Å². The third-order valence-electron chi connectivity index (χ3n) is 2.47. The SMILES string of the molecule is O=C(c1cnsn1)N1CCCCCC1. The van der Waals surface area contributed by atoms with E-state index in [9.17, 15) is 4.79 Å². The minimum absolute atomic E-state index is 0.0423. The molecule has 1 aliphatic heterocycles. The van der Waals surface area contributed by atoms with E-state index < -0.39 is 0 Å². The molecule has 0 aliphatic carbocycles. The molecule has 76 valence electrons. The molecule has 0 atom stereocenters. The second kappa shape index (κ2) is 4.50. The molecule has 0 radical (unpaired) electrons. The van der Waals surface area contributed by atoms with E-state index in [1.165, 1.54) is 12.8 Å². The van der Waals surface area contributed by atoms with Gasteiger partial charge in [0.2, 0.25) is 0 Å². The summed E-state index contributed by atoms with van der Waals surface area (Å²) < 4.78 is 7.81. The number of carbonyl (C=O) groups excluding carboxylic acids is 1. The molecule has 2 rings (SSSR count). The summed E-state index contributed by atoms with van der Waals surface area (Å²) in [5.74, 6) is 0.0423. The molecule has 1 aromatic rings. The smallest absolute Gasteiger partial charge is 0.275 e. The van der Waals surface area contributed by atoms with Crippen LogP contribution < -0.4 is 0 Å².